The van der Waals surface area contributed by atoms with Crippen LogP contribution in [0.1, 0.15) is 0 Å². The van der Waals surface area contributed by atoms with Crippen molar-refractivity contribution in [2.75, 3.05) is 0 Å². The molecule has 0 N–H and O–H groups in total. The minimum Gasteiger partial charge on any atom is -0.456 e. The van der Waals surface area contributed by atoms with Crippen molar-refractivity contribution in [3.05, 3.63) is 86.7 Å². The minimum atomic E-state index is -0.429. The summed E-state index contributed by atoms with van der Waals surface area (Å²) in [6, 6.07) is 19.8. The molecule has 0 atom stereocenters. The molecular formula is C19H11BrN2O3. The van der Waals surface area contributed by atoms with E-state index in [0.717, 1.165) is 16.1 Å². The fourth-order valence-corrected chi connectivity index (χ4v) is 3.04. The summed E-state index contributed by atoms with van der Waals surface area (Å²) in [6.45, 7) is 0. The van der Waals surface area contributed by atoms with E-state index in [4.69, 9.17) is 9.41 Å². The molecule has 5 nitrogen and oxygen atoms in total. The minimum absolute atomic E-state index is 0.00354. The molecule has 0 radical (unpaired) electrons. The van der Waals surface area contributed by atoms with Gasteiger partial charge in [-0.3, -0.25) is 10.1 Å². The fourth-order valence-electron chi connectivity index (χ4n) is 2.71. The Hall–Kier alpha value is -2.99. The van der Waals surface area contributed by atoms with Gasteiger partial charge in [0.2, 0.25) is 0 Å². The number of halogens is 1. The molecule has 3 aromatic carbocycles. The monoisotopic (exact) mass is 394 g/mol. The van der Waals surface area contributed by atoms with Gasteiger partial charge in [0.15, 0.2) is 0 Å². The van der Waals surface area contributed by atoms with Crippen LogP contribution in [0.25, 0.3) is 21.9 Å². The van der Waals surface area contributed by atoms with Crippen molar-refractivity contribution in [2.24, 2.45) is 4.99 Å². The maximum absolute atomic E-state index is 11.1. The van der Waals surface area contributed by atoms with E-state index < -0.39 is 4.92 Å². The van der Waals surface area contributed by atoms with Crippen molar-refractivity contribution in [1.82, 2.24) is 0 Å². The topological polar surface area (TPSA) is 68.6 Å². The summed E-state index contributed by atoms with van der Waals surface area (Å²) in [5.74, 6) is 0. The van der Waals surface area contributed by atoms with Gasteiger partial charge in [0.1, 0.15) is 11.2 Å². The van der Waals surface area contributed by atoms with E-state index in [1.807, 2.05) is 48.5 Å². The van der Waals surface area contributed by atoms with E-state index >= 15 is 0 Å². The Labute approximate surface area is 150 Å². The highest BCUT2D eigenvalue weighted by atomic mass is 79.9. The molecule has 6 heteroatoms. The van der Waals surface area contributed by atoms with Crippen molar-refractivity contribution in [2.45, 2.75) is 0 Å². The summed E-state index contributed by atoms with van der Waals surface area (Å²) >= 11 is 3.43. The van der Waals surface area contributed by atoms with Crippen LogP contribution in [-0.2, 0) is 0 Å². The second-order valence-corrected chi connectivity index (χ2v) is 6.30. The molecular weight excluding hydrogens is 384 g/mol. The summed E-state index contributed by atoms with van der Waals surface area (Å²) in [5, 5.41) is 13.5. The lowest BCUT2D eigenvalue weighted by Crippen LogP contribution is -2.04. The molecule has 4 aromatic rings. The van der Waals surface area contributed by atoms with Crippen LogP contribution in [0.4, 0.5) is 11.4 Å². The molecule has 0 bridgehead atoms. The van der Waals surface area contributed by atoms with Crippen molar-refractivity contribution < 1.29 is 9.34 Å². The molecule has 0 fully saturated rings. The Morgan fingerprint density at radius 1 is 0.920 bits per heavy atom. The van der Waals surface area contributed by atoms with E-state index in [9.17, 15) is 10.1 Å². The predicted octanol–water partition coefficient (Wildman–Crippen LogP) is 5.49. The molecule has 0 unspecified atom stereocenters. The standard InChI is InChI=1S/C19H11BrN2O3/c20-15-10-9-12(22(23)24)11-16(15)21-19-13-5-1-3-7-17(13)25-18-8-4-2-6-14(18)19/h1-11H. The molecule has 0 aliphatic rings. The quantitative estimate of drug-likeness (QED) is 0.256. The number of non-ortho nitro benzene ring substituents is 1. The molecule has 0 saturated heterocycles. The smallest absolute Gasteiger partial charge is 0.271 e. The van der Waals surface area contributed by atoms with Crippen molar-refractivity contribution in [3.63, 3.8) is 0 Å². The second kappa shape index (κ2) is 6.14. The van der Waals surface area contributed by atoms with E-state index in [-0.39, 0.29) is 5.69 Å². The van der Waals surface area contributed by atoms with Gasteiger partial charge < -0.3 is 4.42 Å². The van der Waals surface area contributed by atoms with Crippen molar-refractivity contribution >= 4 is 49.2 Å². The Morgan fingerprint density at radius 2 is 1.52 bits per heavy atom. The first-order valence-electron chi connectivity index (χ1n) is 7.53. The van der Waals surface area contributed by atoms with Gasteiger partial charge in [0, 0.05) is 27.4 Å². The normalized spacial score (nSPS) is 10.9. The first-order valence-corrected chi connectivity index (χ1v) is 8.32. The summed E-state index contributed by atoms with van der Waals surface area (Å²) in [4.78, 5) is 15.4. The molecule has 0 aliphatic carbocycles. The average Bonchev–Trinajstić information content (AvgIpc) is 2.63. The molecule has 0 aliphatic heterocycles. The lowest BCUT2D eigenvalue weighted by molar-refractivity contribution is -0.384. The average molecular weight is 395 g/mol. The number of para-hydroxylation sites is 2. The molecule has 0 saturated carbocycles. The molecule has 1 heterocycles. The summed E-state index contributed by atoms with van der Waals surface area (Å²) in [7, 11) is 0. The summed E-state index contributed by atoms with van der Waals surface area (Å²) in [6.07, 6.45) is 0. The summed E-state index contributed by atoms with van der Waals surface area (Å²) < 4.78 is 6.62. The molecule has 25 heavy (non-hydrogen) atoms. The zero-order chi connectivity index (χ0) is 17.4. The number of hydrogen-bond donors (Lipinski definition) is 0. The second-order valence-electron chi connectivity index (χ2n) is 5.45. The van der Waals surface area contributed by atoms with E-state index in [1.54, 1.807) is 6.07 Å². The van der Waals surface area contributed by atoms with Crippen molar-refractivity contribution in [3.8, 4) is 0 Å². The van der Waals surface area contributed by atoms with E-state index in [2.05, 4.69) is 15.9 Å². The Bertz CT molecular complexity index is 1140. The zero-order valence-corrected chi connectivity index (χ0v) is 14.4. The highest BCUT2D eigenvalue weighted by Gasteiger charge is 2.10. The number of benzene rings is 3. The Balaban J connectivity index is 2.13. The number of fused-ring (bicyclic) bond motifs is 2. The van der Waals surface area contributed by atoms with Gasteiger partial charge in [-0.2, -0.15) is 0 Å². The van der Waals surface area contributed by atoms with Crippen LogP contribution in [0.3, 0.4) is 0 Å². The van der Waals surface area contributed by atoms with Crippen LogP contribution in [0.2, 0.25) is 0 Å². The van der Waals surface area contributed by atoms with Gasteiger partial charge in [-0.15, -0.1) is 0 Å². The molecule has 0 spiro atoms. The molecule has 122 valence electrons. The number of rotatable bonds is 2. The maximum Gasteiger partial charge on any atom is 0.271 e. The molecule has 4 rings (SSSR count). The van der Waals surface area contributed by atoms with E-state index in [0.29, 0.717) is 21.3 Å². The highest BCUT2D eigenvalue weighted by molar-refractivity contribution is 9.10. The number of nitro groups is 1. The van der Waals surface area contributed by atoms with Gasteiger partial charge in [-0.1, -0.05) is 24.3 Å². The third-order valence-corrected chi connectivity index (χ3v) is 4.55. The molecule has 0 amide bonds. The van der Waals surface area contributed by atoms with Crippen LogP contribution in [-0.4, -0.2) is 4.92 Å². The van der Waals surface area contributed by atoms with Crippen LogP contribution >= 0.6 is 15.9 Å². The van der Waals surface area contributed by atoms with Gasteiger partial charge in [0.05, 0.1) is 16.0 Å². The van der Waals surface area contributed by atoms with Crippen LogP contribution in [0.15, 0.2) is 80.6 Å². The molecule has 1 aromatic heterocycles. The SMILES string of the molecule is O=[N+]([O-])c1ccc(Br)c(N=c2c3ccccc3oc3ccccc23)c1. The van der Waals surface area contributed by atoms with Gasteiger partial charge in [-0.25, -0.2) is 4.99 Å². The van der Waals surface area contributed by atoms with Crippen LogP contribution in [0, 0.1) is 10.1 Å². The fraction of sp³-hybridized carbons (Fsp3) is 0. The predicted molar refractivity (Wildman–Crippen MR) is 99.7 cm³/mol. The van der Waals surface area contributed by atoms with Crippen molar-refractivity contribution in [1.29, 1.82) is 0 Å². The lowest BCUT2D eigenvalue weighted by Gasteiger charge is -2.05. The number of hydrogen-bond acceptors (Lipinski definition) is 4. The zero-order valence-electron chi connectivity index (χ0n) is 12.8. The third kappa shape index (κ3) is 2.81. The van der Waals surface area contributed by atoms with Crippen LogP contribution in [0.5, 0.6) is 0 Å². The van der Waals surface area contributed by atoms with Gasteiger partial charge >= 0.3 is 0 Å². The Morgan fingerprint density at radius 3 is 2.12 bits per heavy atom. The lowest BCUT2D eigenvalue weighted by atomic mass is 10.1. The first kappa shape index (κ1) is 15.5. The van der Waals surface area contributed by atoms with Gasteiger partial charge in [-0.05, 0) is 46.3 Å². The van der Waals surface area contributed by atoms with Gasteiger partial charge in [0.25, 0.3) is 5.69 Å². The third-order valence-electron chi connectivity index (χ3n) is 3.88. The Kier molecular flexibility index (Phi) is 3.82. The maximum atomic E-state index is 11.1. The summed E-state index contributed by atoms with van der Waals surface area (Å²) in [5.41, 5.74) is 1.91. The number of nitro benzene ring substituents is 1. The first-order chi connectivity index (χ1) is 12.1. The largest absolute Gasteiger partial charge is 0.456 e. The van der Waals surface area contributed by atoms with E-state index in [1.165, 1.54) is 12.1 Å². The van der Waals surface area contributed by atoms with Crippen LogP contribution < -0.4 is 5.36 Å². The number of nitrogens with zero attached hydrogens (tertiary/aromatic N) is 2. The highest BCUT2D eigenvalue weighted by Crippen LogP contribution is 2.30.